The van der Waals surface area contributed by atoms with Gasteiger partial charge in [0.2, 0.25) is 0 Å². The van der Waals surface area contributed by atoms with Gasteiger partial charge in [0.05, 0.1) is 29.0 Å². The molecule has 7 nitrogen and oxygen atoms in total. The molecule has 0 bridgehead atoms. The van der Waals surface area contributed by atoms with E-state index in [1.54, 1.807) is 31.2 Å². The fourth-order valence-corrected chi connectivity index (χ4v) is 4.19. The highest BCUT2D eigenvalue weighted by Crippen LogP contribution is 2.25. The number of rotatable bonds is 8. The molecule has 0 saturated heterocycles. The van der Waals surface area contributed by atoms with Crippen molar-refractivity contribution in [1.82, 2.24) is 15.0 Å². The van der Waals surface area contributed by atoms with Crippen LogP contribution in [0.2, 0.25) is 0 Å². The van der Waals surface area contributed by atoms with Gasteiger partial charge in [-0.25, -0.2) is 10.4 Å². The van der Waals surface area contributed by atoms with Crippen LogP contribution in [0, 0.1) is 0 Å². The van der Waals surface area contributed by atoms with Crippen LogP contribution in [0.4, 0.5) is 0 Å². The van der Waals surface area contributed by atoms with Gasteiger partial charge in [0.25, 0.3) is 5.91 Å². The number of carbonyl (C=O) groups is 2. The van der Waals surface area contributed by atoms with E-state index in [1.165, 1.54) is 18.7 Å². The number of carbonyl (C=O) groups excluding carboxylic acids is 2. The second kappa shape index (κ2) is 10.8. The molecule has 172 valence electrons. The molecule has 0 radical (unpaired) electrons. The number of thioether (sulfide) groups is 1. The predicted octanol–water partition coefficient (Wildman–Crippen LogP) is 4.64. The summed E-state index contributed by atoms with van der Waals surface area (Å²) in [5.41, 5.74) is 7.15. The molecule has 0 saturated carbocycles. The quantitative estimate of drug-likeness (QED) is 0.133. The van der Waals surface area contributed by atoms with Crippen molar-refractivity contribution in [3.8, 4) is 5.75 Å². The van der Waals surface area contributed by atoms with Crippen molar-refractivity contribution in [3.63, 3.8) is 0 Å². The minimum Gasteiger partial charge on any atom is -0.427 e. The van der Waals surface area contributed by atoms with Crippen LogP contribution < -0.4 is 10.2 Å². The molecule has 1 amide bonds. The first-order valence-electron chi connectivity index (χ1n) is 10.7. The van der Waals surface area contributed by atoms with Crippen LogP contribution in [0.1, 0.15) is 25.0 Å². The van der Waals surface area contributed by atoms with E-state index in [4.69, 9.17) is 9.72 Å². The first-order valence-corrected chi connectivity index (χ1v) is 11.7. The molecule has 0 spiro atoms. The average molecular weight is 473 g/mol. The zero-order valence-electron chi connectivity index (χ0n) is 18.9. The first kappa shape index (κ1) is 23.3. The van der Waals surface area contributed by atoms with Crippen LogP contribution in [0.15, 0.2) is 89.1 Å². The van der Waals surface area contributed by atoms with Crippen molar-refractivity contribution >= 4 is 40.4 Å². The Morgan fingerprint density at radius 1 is 0.971 bits per heavy atom. The van der Waals surface area contributed by atoms with Crippen LogP contribution in [0.5, 0.6) is 5.75 Å². The molecule has 34 heavy (non-hydrogen) atoms. The van der Waals surface area contributed by atoms with E-state index in [1.807, 2.05) is 42.5 Å². The van der Waals surface area contributed by atoms with E-state index in [0.29, 0.717) is 18.0 Å². The molecule has 1 heterocycles. The number of esters is 1. The molecule has 4 rings (SSSR count). The van der Waals surface area contributed by atoms with Crippen molar-refractivity contribution in [2.75, 3.05) is 5.75 Å². The summed E-state index contributed by atoms with van der Waals surface area (Å²) >= 11 is 1.38. The lowest BCUT2D eigenvalue weighted by Gasteiger charge is -2.09. The third kappa shape index (κ3) is 5.90. The lowest BCUT2D eigenvalue weighted by Crippen LogP contribution is -2.21. The standard InChI is InChI=1S/C26H24N4O3S/c1-18(21-12-14-22(15-13-21)33-19(2)31)28-29-25(32)17-34-26-27-23-10-6-7-11-24(23)30(26)16-20-8-4-3-5-9-20/h3-15H,16-17H2,1-2H3,(H,29,32)/b28-18+. The number of para-hydroxylation sites is 2. The van der Waals surface area contributed by atoms with Crippen molar-refractivity contribution in [2.45, 2.75) is 25.5 Å². The van der Waals surface area contributed by atoms with Gasteiger partial charge in [0.15, 0.2) is 5.16 Å². The number of imidazole rings is 1. The summed E-state index contributed by atoms with van der Waals surface area (Å²) in [7, 11) is 0. The van der Waals surface area contributed by atoms with Gasteiger partial charge in [-0.2, -0.15) is 5.10 Å². The van der Waals surface area contributed by atoms with E-state index in [0.717, 1.165) is 27.3 Å². The third-order valence-corrected chi connectivity index (χ3v) is 5.99. The van der Waals surface area contributed by atoms with Crippen LogP contribution in [-0.4, -0.2) is 32.9 Å². The van der Waals surface area contributed by atoms with Gasteiger partial charge >= 0.3 is 5.97 Å². The Kier molecular flexibility index (Phi) is 7.39. The van der Waals surface area contributed by atoms with E-state index in [-0.39, 0.29) is 17.6 Å². The Morgan fingerprint density at radius 2 is 1.68 bits per heavy atom. The molecule has 0 unspecified atom stereocenters. The maximum Gasteiger partial charge on any atom is 0.308 e. The molecule has 0 aliphatic carbocycles. The number of nitrogens with one attached hydrogen (secondary N) is 1. The highest BCUT2D eigenvalue weighted by atomic mass is 32.2. The van der Waals surface area contributed by atoms with E-state index >= 15 is 0 Å². The number of hydrazone groups is 1. The zero-order valence-corrected chi connectivity index (χ0v) is 19.7. The number of fused-ring (bicyclic) bond motifs is 1. The van der Waals surface area contributed by atoms with E-state index in [9.17, 15) is 9.59 Å². The number of hydrogen-bond acceptors (Lipinski definition) is 6. The molecule has 0 aliphatic heterocycles. The monoisotopic (exact) mass is 472 g/mol. The molecular formula is C26H24N4O3S. The molecule has 0 fully saturated rings. The molecular weight excluding hydrogens is 448 g/mol. The maximum absolute atomic E-state index is 12.5. The number of hydrogen-bond donors (Lipinski definition) is 1. The van der Waals surface area contributed by atoms with Crippen LogP contribution in [0.25, 0.3) is 11.0 Å². The van der Waals surface area contributed by atoms with Crippen LogP contribution >= 0.6 is 11.8 Å². The van der Waals surface area contributed by atoms with E-state index in [2.05, 4.69) is 27.2 Å². The Balaban J connectivity index is 1.41. The van der Waals surface area contributed by atoms with Gasteiger partial charge in [0.1, 0.15) is 5.75 Å². The summed E-state index contributed by atoms with van der Waals surface area (Å²) in [6.45, 7) is 3.82. The molecule has 0 aliphatic rings. The normalized spacial score (nSPS) is 11.4. The summed E-state index contributed by atoms with van der Waals surface area (Å²) in [6, 6.07) is 25.1. The highest BCUT2D eigenvalue weighted by Gasteiger charge is 2.13. The summed E-state index contributed by atoms with van der Waals surface area (Å²) in [4.78, 5) is 28.2. The topological polar surface area (TPSA) is 85.6 Å². The van der Waals surface area contributed by atoms with Gasteiger partial charge in [0, 0.05) is 6.92 Å². The fourth-order valence-electron chi connectivity index (χ4n) is 3.39. The smallest absolute Gasteiger partial charge is 0.308 e. The summed E-state index contributed by atoms with van der Waals surface area (Å²) in [5, 5.41) is 4.98. The highest BCUT2D eigenvalue weighted by molar-refractivity contribution is 7.99. The minimum atomic E-state index is -0.375. The predicted molar refractivity (Wildman–Crippen MR) is 134 cm³/mol. The fraction of sp³-hybridized carbons (Fsp3) is 0.154. The van der Waals surface area contributed by atoms with Crippen LogP contribution in [-0.2, 0) is 16.1 Å². The van der Waals surface area contributed by atoms with Gasteiger partial charge < -0.3 is 9.30 Å². The SMILES string of the molecule is CC(=O)Oc1ccc(/C(C)=N/NC(=O)CSc2nc3ccccc3n2Cc2ccccc2)cc1. The Hall–Kier alpha value is -3.91. The lowest BCUT2D eigenvalue weighted by molar-refractivity contribution is -0.131. The lowest BCUT2D eigenvalue weighted by atomic mass is 10.1. The second-order valence-corrected chi connectivity index (χ2v) is 8.54. The summed E-state index contributed by atoms with van der Waals surface area (Å²) in [6.07, 6.45) is 0. The van der Waals surface area contributed by atoms with Crippen LogP contribution in [0.3, 0.4) is 0 Å². The third-order valence-electron chi connectivity index (χ3n) is 5.02. The second-order valence-electron chi connectivity index (χ2n) is 7.59. The Morgan fingerprint density at radius 3 is 2.41 bits per heavy atom. The number of aromatic nitrogens is 2. The van der Waals surface area contributed by atoms with Gasteiger partial charge in [-0.3, -0.25) is 9.59 Å². The van der Waals surface area contributed by atoms with Gasteiger partial charge in [-0.15, -0.1) is 0 Å². The molecule has 1 N–H and O–H groups in total. The minimum absolute atomic E-state index is 0.181. The van der Waals surface area contributed by atoms with E-state index < -0.39 is 0 Å². The molecule has 1 aromatic heterocycles. The van der Waals surface area contributed by atoms with Crippen molar-refractivity contribution in [2.24, 2.45) is 5.10 Å². The average Bonchev–Trinajstić information content (AvgIpc) is 3.19. The molecule has 8 heteroatoms. The van der Waals surface area contributed by atoms with Gasteiger partial charge in [-0.05, 0) is 54.4 Å². The Bertz CT molecular complexity index is 1330. The number of amides is 1. The number of benzene rings is 3. The number of nitrogens with zero attached hydrogens (tertiary/aromatic N) is 3. The maximum atomic E-state index is 12.5. The van der Waals surface area contributed by atoms with Gasteiger partial charge in [-0.1, -0.05) is 54.2 Å². The van der Waals surface area contributed by atoms with Crippen molar-refractivity contribution in [3.05, 3.63) is 90.0 Å². The molecule has 0 atom stereocenters. The Labute approximate surface area is 201 Å². The summed E-state index contributed by atoms with van der Waals surface area (Å²) in [5.74, 6) is 0.0441. The van der Waals surface area contributed by atoms with Crippen molar-refractivity contribution in [1.29, 1.82) is 0 Å². The largest absolute Gasteiger partial charge is 0.427 e. The summed E-state index contributed by atoms with van der Waals surface area (Å²) < 4.78 is 7.16. The molecule has 4 aromatic rings. The first-order chi connectivity index (χ1) is 16.5. The van der Waals surface area contributed by atoms with Crippen molar-refractivity contribution < 1.29 is 14.3 Å². The number of ether oxygens (including phenoxy) is 1. The zero-order chi connectivity index (χ0) is 23.9. The molecule has 3 aromatic carbocycles.